The third kappa shape index (κ3) is 3.39. The zero-order chi connectivity index (χ0) is 17.3. The number of likely N-dealkylation sites (tertiary alicyclic amines) is 1. The first-order valence-corrected chi connectivity index (χ1v) is 8.18. The molecule has 6 heteroatoms. The molecule has 1 aromatic heterocycles. The smallest absolute Gasteiger partial charge is 0.395 e. The molecule has 1 aromatic carbocycles. The van der Waals surface area contributed by atoms with Gasteiger partial charge in [0.1, 0.15) is 0 Å². The van der Waals surface area contributed by atoms with Crippen molar-refractivity contribution in [2.75, 3.05) is 26.2 Å². The van der Waals surface area contributed by atoms with Gasteiger partial charge in [-0.25, -0.2) is 0 Å². The number of aliphatic hydroxyl groups is 1. The Hall–Kier alpha value is -1.66. The summed E-state index contributed by atoms with van der Waals surface area (Å²) in [5.74, 6) is 0.582. The van der Waals surface area contributed by atoms with Crippen molar-refractivity contribution in [3.05, 3.63) is 41.6 Å². The molecule has 0 unspecified atom stereocenters. The number of β-amino-alcohol motifs (C(OH)–C–C–N with tert-alkyl or cyclic N) is 1. The zero-order valence-corrected chi connectivity index (χ0v) is 13.6. The number of piperidine rings is 1. The number of aromatic nitrogens is 1. The molecule has 0 saturated carbocycles. The van der Waals surface area contributed by atoms with E-state index < -0.39 is 11.7 Å². The summed E-state index contributed by atoms with van der Waals surface area (Å²) >= 11 is 0. The van der Waals surface area contributed by atoms with Crippen molar-refractivity contribution < 1.29 is 18.3 Å². The summed E-state index contributed by atoms with van der Waals surface area (Å²) in [5, 5.41) is 9.76. The average molecular weight is 338 g/mol. The van der Waals surface area contributed by atoms with Crippen molar-refractivity contribution in [1.82, 2.24) is 9.88 Å². The summed E-state index contributed by atoms with van der Waals surface area (Å²) in [7, 11) is 0. The molecule has 3 rings (SSSR count). The molecular weight excluding hydrogens is 317 g/mol. The number of hydrogen-bond donors (Lipinski definition) is 1. The Kier molecular flexibility index (Phi) is 4.78. The van der Waals surface area contributed by atoms with Crippen molar-refractivity contribution in [3.63, 3.8) is 0 Å². The number of aliphatic hydroxyl groups excluding tert-OH is 1. The van der Waals surface area contributed by atoms with Gasteiger partial charge >= 0.3 is 6.18 Å². The van der Waals surface area contributed by atoms with Gasteiger partial charge in [0.25, 0.3) is 0 Å². The number of nitrogens with zero attached hydrogens (tertiary/aromatic N) is 2. The molecule has 1 N–H and O–H groups in total. The van der Waals surface area contributed by atoms with Crippen LogP contribution in [0.15, 0.2) is 30.5 Å². The van der Waals surface area contributed by atoms with E-state index >= 15 is 0 Å². The molecule has 2 heterocycles. The Labute approximate surface area is 139 Å². The van der Waals surface area contributed by atoms with E-state index in [9.17, 15) is 18.3 Å². The maximum Gasteiger partial charge on any atom is 0.418 e. The number of benzene rings is 1. The minimum Gasteiger partial charge on any atom is -0.395 e. The Morgan fingerprint density at radius 3 is 2.75 bits per heavy atom. The molecule has 130 valence electrons. The number of hydrogen-bond acceptors (Lipinski definition) is 3. The Bertz CT molecular complexity index is 717. The van der Waals surface area contributed by atoms with E-state index in [0.29, 0.717) is 17.8 Å². The molecule has 1 fully saturated rings. The van der Waals surface area contributed by atoms with Crippen molar-refractivity contribution in [3.8, 4) is 0 Å². The van der Waals surface area contributed by atoms with Gasteiger partial charge in [-0.15, -0.1) is 0 Å². The van der Waals surface area contributed by atoms with Crippen LogP contribution in [0.3, 0.4) is 0 Å². The lowest BCUT2D eigenvalue weighted by Gasteiger charge is -2.37. The minimum absolute atomic E-state index is 0.0226. The lowest BCUT2D eigenvalue weighted by molar-refractivity contribution is -0.136. The maximum atomic E-state index is 13.2. The second-order valence-electron chi connectivity index (χ2n) is 6.62. The molecule has 2 atom stereocenters. The second-order valence-corrected chi connectivity index (χ2v) is 6.62. The molecule has 0 aliphatic carbocycles. The number of fused-ring (bicyclic) bond motifs is 1. The quantitative estimate of drug-likeness (QED) is 0.928. The van der Waals surface area contributed by atoms with Crippen molar-refractivity contribution >= 4 is 10.9 Å². The molecule has 0 radical (unpaired) electrons. The van der Waals surface area contributed by atoms with Gasteiger partial charge in [0.2, 0.25) is 0 Å². The first kappa shape index (κ1) is 17.2. The van der Waals surface area contributed by atoms with Crippen LogP contribution in [0.25, 0.3) is 10.9 Å². The maximum absolute atomic E-state index is 13.2. The van der Waals surface area contributed by atoms with E-state index in [1.54, 1.807) is 18.2 Å². The van der Waals surface area contributed by atoms with E-state index in [1.807, 2.05) is 0 Å². The minimum atomic E-state index is -4.41. The lowest BCUT2D eigenvalue weighted by atomic mass is 9.83. The molecule has 1 aliphatic rings. The van der Waals surface area contributed by atoms with Crippen LogP contribution in [0.2, 0.25) is 0 Å². The average Bonchev–Trinajstić information content (AvgIpc) is 2.52. The fourth-order valence-electron chi connectivity index (χ4n) is 3.79. The van der Waals surface area contributed by atoms with E-state index in [1.165, 1.54) is 6.20 Å². The highest BCUT2D eigenvalue weighted by Crippen LogP contribution is 2.39. The van der Waals surface area contributed by atoms with Gasteiger partial charge in [-0.2, -0.15) is 13.2 Å². The first-order valence-electron chi connectivity index (χ1n) is 8.18. The molecule has 0 bridgehead atoms. The van der Waals surface area contributed by atoms with Crippen LogP contribution in [0, 0.1) is 5.92 Å². The van der Waals surface area contributed by atoms with E-state index in [-0.39, 0.29) is 18.0 Å². The fraction of sp³-hybridized carbons (Fsp3) is 0.500. The van der Waals surface area contributed by atoms with Gasteiger partial charge in [0.15, 0.2) is 0 Å². The van der Waals surface area contributed by atoms with Gasteiger partial charge in [-0.05, 0) is 36.0 Å². The highest BCUT2D eigenvalue weighted by atomic mass is 19.4. The Balaban J connectivity index is 2.04. The van der Waals surface area contributed by atoms with Gasteiger partial charge in [-0.1, -0.05) is 19.1 Å². The van der Waals surface area contributed by atoms with Crippen molar-refractivity contribution in [1.29, 1.82) is 0 Å². The Morgan fingerprint density at radius 1 is 1.25 bits per heavy atom. The highest BCUT2D eigenvalue weighted by Gasteiger charge is 2.35. The van der Waals surface area contributed by atoms with Gasteiger partial charge in [0.05, 0.1) is 17.7 Å². The standard InChI is InChI=1S/C18H21F3N2O/c1-12-9-13(11-23(10-12)7-8-24)14-4-5-16(18(19,20)21)17-15(14)3-2-6-22-17/h2-6,12-13,24H,7-11H2,1H3/t12-,13-/m1/s1. The van der Waals surface area contributed by atoms with Crippen LogP contribution in [0.4, 0.5) is 13.2 Å². The summed E-state index contributed by atoms with van der Waals surface area (Å²) in [6.07, 6.45) is -2.08. The highest BCUT2D eigenvalue weighted by molar-refractivity contribution is 5.86. The van der Waals surface area contributed by atoms with Crippen LogP contribution >= 0.6 is 0 Å². The topological polar surface area (TPSA) is 36.4 Å². The van der Waals surface area contributed by atoms with Crippen molar-refractivity contribution in [2.24, 2.45) is 5.92 Å². The fourth-order valence-corrected chi connectivity index (χ4v) is 3.79. The van der Waals surface area contributed by atoms with E-state index in [2.05, 4.69) is 16.8 Å². The summed E-state index contributed by atoms with van der Waals surface area (Å²) in [4.78, 5) is 6.18. The predicted octanol–water partition coefficient (Wildman–Crippen LogP) is 3.67. The number of rotatable bonds is 3. The monoisotopic (exact) mass is 338 g/mol. The third-order valence-corrected chi connectivity index (χ3v) is 4.70. The molecule has 3 nitrogen and oxygen atoms in total. The van der Waals surface area contributed by atoms with E-state index in [0.717, 1.165) is 31.1 Å². The van der Waals surface area contributed by atoms with Gasteiger partial charge < -0.3 is 10.0 Å². The van der Waals surface area contributed by atoms with E-state index in [4.69, 9.17) is 0 Å². The molecule has 24 heavy (non-hydrogen) atoms. The Morgan fingerprint density at radius 2 is 2.04 bits per heavy atom. The summed E-state index contributed by atoms with van der Waals surface area (Å²) in [5.41, 5.74) is 0.257. The zero-order valence-electron chi connectivity index (χ0n) is 13.6. The number of alkyl halides is 3. The number of pyridine rings is 1. The molecule has 0 spiro atoms. The van der Waals surface area contributed by atoms with Gasteiger partial charge in [-0.3, -0.25) is 4.98 Å². The first-order chi connectivity index (χ1) is 11.4. The largest absolute Gasteiger partial charge is 0.418 e. The molecule has 1 saturated heterocycles. The van der Waals surface area contributed by atoms with Crippen LogP contribution < -0.4 is 0 Å². The predicted molar refractivity (Wildman–Crippen MR) is 86.8 cm³/mol. The lowest BCUT2D eigenvalue weighted by Crippen LogP contribution is -2.40. The normalized spacial score (nSPS) is 22.9. The van der Waals surface area contributed by atoms with Crippen LogP contribution in [0.1, 0.15) is 30.4 Å². The second kappa shape index (κ2) is 6.69. The van der Waals surface area contributed by atoms with Crippen molar-refractivity contribution in [2.45, 2.75) is 25.4 Å². The molecule has 0 amide bonds. The molecule has 2 aromatic rings. The van der Waals surface area contributed by atoms with Crippen LogP contribution in [-0.2, 0) is 6.18 Å². The third-order valence-electron chi connectivity index (χ3n) is 4.70. The summed E-state index contributed by atoms with van der Waals surface area (Å²) in [6, 6.07) is 6.17. The number of halogens is 3. The van der Waals surface area contributed by atoms with Crippen LogP contribution in [-0.4, -0.2) is 41.2 Å². The SMILES string of the molecule is C[C@@H]1C[C@@H](c2ccc(C(F)(F)F)c3ncccc23)CN(CCO)C1. The molecule has 1 aliphatic heterocycles. The summed E-state index contributed by atoms with van der Waals surface area (Å²) in [6.45, 7) is 4.49. The molecular formula is C18H21F3N2O. The van der Waals surface area contributed by atoms with Crippen LogP contribution in [0.5, 0.6) is 0 Å². The van der Waals surface area contributed by atoms with Gasteiger partial charge in [0, 0.05) is 31.2 Å². The summed E-state index contributed by atoms with van der Waals surface area (Å²) < 4.78 is 39.7.